The van der Waals surface area contributed by atoms with Crippen molar-refractivity contribution in [2.24, 2.45) is 7.05 Å². The van der Waals surface area contributed by atoms with Gasteiger partial charge in [0, 0.05) is 32.2 Å². The molecule has 0 saturated carbocycles. The van der Waals surface area contributed by atoms with Gasteiger partial charge in [0.2, 0.25) is 0 Å². The second-order valence-corrected chi connectivity index (χ2v) is 6.39. The summed E-state index contributed by atoms with van der Waals surface area (Å²) >= 11 is 0. The zero-order valence-electron chi connectivity index (χ0n) is 14.1. The largest absolute Gasteiger partial charge is 0.337 e. The van der Waals surface area contributed by atoms with Crippen LogP contribution in [-0.2, 0) is 13.6 Å². The van der Waals surface area contributed by atoms with E-state index in [2.05, 4.69) is 31.6 Å². The van der Waals surface area contributed by atoms with Gasteiger partial charge in [-0.15, -0.1) is 0 Å². The lowest BCUT2D eigenvalue weighted by molar-refractivity contribution is 0.239. The lowest BCUT2D eigenvalue weighted by Gasteiger charge is -2.24. The third-order valence-corrected chi connectivity index (χ3v) is 4.82. The highest BCUT2D eigenvalue weighted by Crippen LogP contribution is 2.32. The van der Waals surface area contributed by atoms with E-state index in [0.717, 1.165) is 36.8 Å². The van der Waals surface area contributed by atoms with E-state index in [0.29, 0.717) is 6.04 Å². The minimum Gasteiger partial charge on any atom is -0.337 e. The van der Waals surface area contributed by atoms with Crippen molar-refractivity contribution in [2.45, 2.75) is 32.4 Å². The van der Waals surface area contributed by atoms with E-state index in [4.69, 9.17) is 4.98 Å². The Bertz CT molecular complexity index is 833. The van der Waals surface area contributed by atoms with E-state index in [1.807, 2.05) is 49.5 Å². The molecule has 0 bridgehead atoms. The molecule has 0 spiro atoms. The number of hydrogen-bond donors (Lipinski definition) is 0. The molecule has 1 saturated heterocycles. The second-order valence-electron chi connectivity index (χ2n) is 6.39. The predicted octanol–water partition coefficient (Wildman–Crippen LogP) is 2.65. The third kappa shape index (κ3) is 2.73. The van der Waals surface area contributed by atoms with E-state index in [1.165, 1.54) is 12.1 Å². The Labute approximate surface area is 141 Å². The van der Waals surface area contributed by atoms with Crippen LogP contribution < -0.4 is 0 Å². The normalized spacial score (nSPS) is 18.3. The average molecular weight is 322 g/mol. The van der Waals surface area contributed by atoms with Crippen molar-refractivity contribution >= 4 is 0 Å². The Morgan fingerprint density at radius 1 is 1.29 bits per heavy atom. The van der Waals surface area contributed by atoms with Crippen LogP contribution in [0.25, 0.3) is 5.82 Å². The lowest BCUT2D eigenvalue weighted by atomic mass is 10.1. The van der Waals surface area contributed by atoms with Crippen LogP contribution in [0.4, 0.5) is 0 Å². The van der Waals surface area contributed by atoms with Crippen molar-refractivity contribution < 1.29 is 0 Å². The van der Waals surface area contributed by atoms with Crippen LogP contribution in [0.5, 0.6) is 0 Å². The molecule has 0 aromatic carbocycles. The predicted molar refractivity (Wildman–Crippen MR) is 91.7 cm³/mol. The molecule has 3 aromatic heterocycles. The van der Waals surface area contributed by atoms with Crippen molar-refractivity contribution in [2.75, 3.05) is 6.54 Å². The molecule has 1 aliphatic heterocycles. The van der Waals surface area contributed by atoms with Crippen LogP contribution in [0.15, 0.2) is 43.1 Å². The quantitative estimate of drug-likeness (QED) is 0.741. The molecule has 24 heavy (non-hydrogen) atoms. The van der Waals surface area contributed by atoms with Crippen molar-refractivity contribution in [3.8, 4) is 5.82 Å². The number of nitrogens with zero attached hydrogens (tertiary/aromatic N) is 6. The van der Waals surface area contributed by atoms with Gasteiger partial charge in [-0.2, -0.15) is 0 Å². The first-order valence-corrected chi connectivity index (χ1v) is 8.39. The van der Waals surface area contributed by atoms with Gasteiger partial charge in [-0.1, -0.05) is 6.07 Å². The molecule has 0 unspecified atom stereocenters. The number of imidazole rings is 2. The monoisotopic (exact) mass is 322 g/mol. The Kier molecular flexibility index (Phi) is 3.90. The minimum absolute atomic E-state index is 0.365. The Morgan fingerprint density at radius 2 is 2.21 bits per heavy atom. The molecule has 3 aromatic rings. The number of aryl methyl sites for hydroxylation is 2. The fourth-order valence-electron chi connectivity index (χ4n) is 3.47. The summed E-state index contributed by atoms with van der Waals surface area (Å²) in [6.07, 6.45) is 9.95. The van der Waals surface area contributed by atoms with Crippen LogP contribution in [0, 0.1) is 6.92 Å². The van der Waals surface area contributed by atoms with Crippen LogP contribution in [0.1, 0.15) is 36.1 Å². The summed E-state index contributed by atoms with van der Waals surface area (Å²) in [7, 11) is 2.05. The highest BCUT2D eigenvalue weighted by molar-refractivity contribution is 5.28. The van der Waals surface area contributed by atoms with E-state index < -0.39 is 0 Å². The average Bonchev–Trinajstić information content (AvgIpc) is 3.31. The molecule has 0 radical (unpaired) electrons. The fourth-order valence-corrected chi connectivity index (χ4v) is 3.47. The molecule has 124 valence electrons. The van der Waals surface area contributed by atoms with Gasteiger partial charge in [0.15, 0.2) is 0 Å². The Hall–Kier alpha value is -2.47. The topological polar surface area (TPSA) is 51.8 Å². The van der Waals surface area contributed by atoms with Crippen molar-refractivity contribution in [1.82, 2.24) is 29.0 Å². The molecular weight excluding hydrogens is 300 g/mol. The maximum Gasteiger partial charge on any atom is 0.138 e. The maximum absolute atomic E-state index is 4.92. The Balaban J connectivity index is 1.61. The summed E-state index contributed by atoms with van der Waals surface area (Å²) < 4.78 is 4.12. The van der Waals surface area contributed by atoms with E-state index in [9.17, 15) is 0 Å². The van der Waals surface area contributed by atoms with Gasteiger partial charge in [0.25, 0.3) is 0 Å². The highest BCUT2D eigenvalue weighted by Gasteiger charge is 2.27. The molecule has 1 aliphatic rings. The van der Waals surface area contributed by atoms with Crippen LogP contribution >= 0.6 is 0 Å². The summed E-state index contributed by atoms with van der Waals surface area (Å²) in [6.45, 7) is 4.02. The van der Waals surface area contributed by atoms with Gasteiger partial charge in [0.05, 0.1) is 23.8 Å². The maximum atomic E-state index is 4.92. The molecular formula is C18H22N6. The van der Waals surface area contributed by atoms with Crippen LogP contribution in [0.2, 0.25) is 0 Å². The van der Waals surface area contributed by atoms with E-state index in [1.54, 1.807) is 0 Å². The van der Waals surface area contributed by atoms with Gasteiger partial charge in [-0.25, -0.2) is 15.0 Å². The van der Waals surface area contributed by atoms with Crippen molar-refractivity contribution in [1.29, 1.82) is 0 Å². The summed E-state index contributed by atoms with van der Waals surface area (Å²) in [5.74, 6) is 1.90. The summed E-state index contributed by atoms with van der Waals surface area (Å²) in [5, 5.41) is 0. The summed E-state index contributed by atoms with van der Waals surface area (Å²) in [5.41, 5.74) is 2.38. The van der Waals surface area contributed by atoms with Gasteiger partial charge >= 0.3 is 0 Å². The zero-order chi connectivity index (χ0) is 16.5. The molecule has 0 N–H and O–H groups in total. The number of rotatable bonds is 4. The summed E-state index contributed by atoms with van der Waals surface area (Å²) in [6, 6.07) is 6.64. The van der Waals surface area contributed by atoms with Crippen LogP contribution in [-0.4, -0.2) is 35.5 Å². The second kappa shape index (κ2) is 6.20. The molecule has 6 heteroatoms. The molecule has 1 fully saturated rings. The highest BCUT2D eigenvalue weighted by atomic mass is 15.2. The minimum atomic E-state index is 0.365. The van der Waals surface area contributed by atoms with Gasteiger partial charge < -0.3 is 4.57 Å². The molecule has 4 heterocycles. The first-order chi connectivity index (χ1) is 11.7. The number of hydrogen-bond acceptors (Lipinski definition) is 4. The van der Waals surface area contributed by atoms with Gasteiger partial charge in [-0.3, -0.25) is 9.47 Å². The van der Waals surface area contributed by atoms with Gasteiger partial charge in [0.1, 0.15) is 11.6 Å². The number of aromatic nitrogens is 5. The number of pyridine rings is 1. The molecule has 4 rings (SSSR count). The van der Waals surface area contributed by atoms with Crippen molar-refractivity contribution in [3.63, 3.8) is 0 Å². The zero-order valence-corrected chi connectivity index (χ0v) is 14.1. The van der Waals surface area contributed by atoms with Crippen LogP contribution in [0.3, 0.4) is 0 Å². The smallest absolute Gasteiger partial charge is 0.138 e. The van der Waals surface area contributed by atoms with Gasteiger partial charge in [-0.05, 0) is 38.4 Å². The lowest BCUT2D eigenvalue weighted by Crippen LogP contribution is -2.24. The molecule has 0 amide bonds. The summed E-state index contributed by atoms with van der Waals surface area (Å²) in [4.78, 5) is 15.9. The first-order valence-electron chi connectivity index (χ1n) is 8.39. The molecule has 0 aliphatic carbocycles. The first kappa shape index (κ1) is 15.1. The number of likely N-dealkylation sites (tertiary alicyclic amines) is 1. The van der Waals surface area contributed by atoms with E-state index in [-0.39, 0.29) is 0 Å². The standard InChI is InChI=1S/C18H22N6/c1-14-20-8-10-24(14)18-7-3-5-16(21-18)17-6-4-9-23(17)12-15-11-19-13-22(15)2/h3,5,7-8,10-11,13,17H,4,6,9,12H2,1-2H3/t17-/m1/s1. The van der Waals surface area contributed by atoms with E-state index >= 15 is 0 Å². The Morgan fingerprint density at radius 3 is 2.96 bits per heavy atom. The fraction of sp³-hybridized carbons (Fsp3) is 0.389. The molecule has 1 atom stereocenters. The SMILES string of the molecule is Cc1nccn1-c1cccc([C@H]2CCCN2Cc2cncn2C)n1. The molecule has 6 nitrogen and oxygen atoms in total. The third-order valence-electron chi connectivity index (χ3n) is 4.82. The van der Waals surface area contributed by atoms with Crippen molar-refractivity contribution in [3.05, 3.63) is 60.3 Å².